The van der Waals surface area contributed by atoms with E-state index in [2.05, 4.69) is 0 Å². The highest BCUT2D eigenvalue weighted by atomic mass is 19.1. The van der Waals surface area contributed by atoms with Gasteiger partial charge in [-0.25, -0.2) is 4.39 Å². The van der Waals surface area contributed by atoms with Crippen LogP contribution in [0, 0.1) is 5.82 Å². The van der Waals surface area contributed by atoms with Crippen molar-refractivity contribution in [3.63, 3.8) is 0 Å². The molecule has 2 heterocycles. The summed E-state index contributed by atoms with van der Waals surface area (Å²) in [5.74, 6) is -1.63. The summed E-state index contributed by atoms with van der Waals surface area (Å²) in [6.07, 6.45) is -0.549. The van der Waals surface area contributed by atoms with Gasteiger partial charge in [0.1, 0.15) is 18.1 Å². The van der Waals surface area contributed by atoms with Crippen LogP contribution in [0.15, 0.2) is 48.5 Å². The zero-order chi connectivity index (χ0) is 23.8. The number of rotatable bonds is 5. The fourth-order valence-corrected chi connectivity index (χ4v) is 4.45. The molecule has 9 heteroatoms. The number of likely N-dealkylation sites (tertiary alicyclic amines) is 1. The van der Waals surface area contributed by atoms with Gasteiger partial charge in [-0.3, -0.25) is 24.1 Å². The van der Waals surface area contributed by atoms with Crippen LogP contribution in [0.3, 0.4) is 0 Å². The lowest BCUT2D eigenvalue weighted by Crippen LogP contribution is -2.53. The second-order valence-corrected chi connectivity index (χ2v) is 8.27. The number of amides is 4. The van der Waals surface area contributed by atoms with Gasteiger partial charge in [0.05, 0.1) is 12.5 Å². The quantitative estimate of drug-likeness (QED) is 0.644. The molecule has 0 aromatic heterocycles. The van der Waals surface area contributed by atoms with Gasteiger partial charge in [-0.2, -0.15) is 0 Å². The summed E-state index contributed by atoms with van der Waals surface area (Å²) in [7, 11) is 2.89. The third-order valence-corrected chi connectivity index (χ3v) is 6.31. The van der Waals surface area contributed by atoms with Crippen LogP contribution in [0.5, 0.6) is 5.75 Å². The average Bonchev–Trinajstić information content (AvgIpc) is 3.03. The standard InChI is InChI=1S/C24H24FN3O5/c1-26-20(29)13-24(23(26)32,16-5-3-6-17(25)11-16)14-21(30)27-9-10-28(22(31)15-27)18-7-4-8-19(12-18)33-2/h3-8,11-12H,9-10,13-15H2,1-2H3/t24-/m0/s1. The molecule has 2 aliphatic rings. The van der Waals surface area contributed by atoms with Gasteiger partial charge >= 0.3 is 0 Å². The van der Waals surface area contributed by atoms with Crippen molar-refractivity contribution in [2.45, 2.75) is 18.3 Å². The van der Waals surface area contributed by atoms with Gasteiger partial charge in [-0.05, 0) is 29.8 Å². The van der Waals surface area contributed by atoms with E-state index in [1.807, 2.05) is 0 Å². The molecule has 2 aliphatic heterocycles. The van der Waals surface area contributed by atoms with Crippen molar-refractivity contribution in [1.82, 2.24) is 9.80 Å². The van der Waals surface area contributed by atoms with Crippen LogP contribution in [-0.4, -0.2) is 67.2 Å². The van der Waals surface area contributed by atoms with E-state index in [-0.39, 0.29) is 43.9 Å². The van der Waals surface area contributed by atoms with Crippen molar-refractivity contribution in [3.05, 3.63) is 59.9 Å². The summed E-state index contributed by atoms with van der Waals surface area (Å²) in [5.41, 5.74) is -0.543. The maximum absolute atomic E-state index is 13.9. The highest BCUT2D eigenvalue weighted by Crippen LogP contribution is 2.40. The van der Waals surface area contributed by atoms with Gasteiger partial charge in [0, 0.05) is 44.7 Å². The Kier molecular flexibility index (Phi) is 5.88. The number of benzene rings is 2. The summed E-state index contributed by atoms with van der Waals surface area (Å²) in [5, 5.41) is 0. The Morgan fingerprint density at radius 3 is 2.45 bits per heavy atom. The second-order valence-electron chi connectivity index (χ2n) is 8.27. The first-order valence-corrected chi connectivity index (χ1v) is 10.5. The van der Waals surface area contributed by atoms with Crippen molar-refractivity contribution in [3.8, 4) is 5.75 Å². The van der Waals surface area contributed by atoms with Crippen LogP contribution in [0.4, 0.5) is 10.1 Å². The molecule has 2 saturated heterocycles. The number of likely N-dealkylation sites (N-methyl/N-ethyl adjacent to an activating group) is 1. The van der Waals surface area contributed by atoms with E-state index in [1.165, 1.54) is 30.1 Å². The van der Waals surface area contributed by atoms with Gasteiger partial charge in [-0.15, -0.1) is 0 Å². The topological polar surface area (TPSA) is 87.2 Å². The van der Waals surface area contributed by atoms with Gasteiger partial charge < -0.3 is 14.5 Å². The Bertz CT molecular complexity index is 1140. The minimum absolute atomic E-state index is 0.159. The number of piperazine rings is 1. The molecule has 0 N–H and O–H groups in total. The summed E-state index contributed by atoms with van der Waals surface area (Å²) in [4.78, 5) is 55.4. The van der Waals surface area contributed by atoms with Gasteiger partial charge in [0.15, 0.2) is 0 Å². The Morgan fingerprint density at radius 1 is 1.06 bits per heavy atom. The molecule has 33 heavy (non-hydrogen) atoms. The molecule has 2 fully saturated rings. The first kappa shape index (κ1) is 22.4. The maximum Gasteiger partial charge on any atom is 0.246 e. The lowest BCUT2D eigenvalue weighted by atomic mass is 9.75. The lowest BCUT2D eigenvalue weighted by molar-refractivity contribution is -0.142. The van der Waals surface area contributed by atoms with E-state index >= 15 is 0 Å². The van der Waals surface area contributed by atoms with E-state index in [0.717, 1.165) is 4.90 Å². The van der Waals surface area contributed by atoms with Crippen molar-refractivity contribution in [2.24, 2.45) is 0 Å². The van der Waals surface area contributed by atoms with Crippen LogP contribution < -0.4 is 9.64 Å². The van der Waals surface area contributed by atoms with Crippen LogP contribution in [0.1, 0.15) is 18.4 Å². The SMILES string of the molecule is COc1cccc(N2CCN(C(=O)C[C@]3(c4cccc(F)c4)CC(=O)N(C)C3=O)CC2=O)c1. The molecular weight excluding hydrogens is 429 g/mol. The van der Waals surface area contributed by atoms with Gasteiger partial charge in [0.25, 0.3) is 0 Å². The van der Waals surface area contributed by atoms with E-state index in [1.54, 1.807) is 42.3 Å². The lowest BCUT2D eigenvalue weighted by Gasteiger charge is -2.36. The molecular formula is C24H24FN3O5. The highest BCUT2D eigenvalue weighted by molar-refractivity contribution is 6.10. The molecule has 0 radical (unpaired) electrons. The fourth-order valence-electron chi connectivity index (χ4n) is 4.45. The summed E-state index contributed by atoms with van der Waals surface area (Å²) < 4.78 is 19.2. The number of carbonyl (C=O) groups is 4. The third kappa shape index (κ3) is 4.06. The Morgan fingerprint density at radius 2 is 1.82 bits per heavy atom. The molecule has 2 aromatic carbocycles. The van der Waals surface area contributed by atoms with Gasteiger partial charge in [-0.1, -0.05) is 18.2 Å². The van der Waals surface area contributed by atoms with Crippen LogP contribution in [0.2, 0.25) is 0 Å². The van der Waals surface area contributed by atoms with Crippen molar-refractivity contribution in [1.29, 1.82) is 0 Å². The van der Waals surface area contributed by atoms with Crippen molar-refractivity contribution >= 4 is 29.3 Å². The van der Waals surface area contributed by atoms with Crippen LogP contribution >= 0.6 is 0 Å². The number of nitrogens with zero attached hydrogens (tertiary/aromatic N) is 3. The Labute approximate surface area is 190 Å². The largest absolute Gasteiger partial charge is 0.497 e. The Balaban J connectivity index is 1.54. The number of methoxy groups -OCH3 is 1. The molecule has 8 nitrogen and oxygen atoms in total. The van der Waals surface area contributed by atoms with E-state index in [0.29, 0.717) is 11.4 Å². The number of imide groups is 1. The normalized spacial score (nSPS) is 21.1. The van der Waals surface area contributed by atoms with Crippen LogP contribution in [-0.2, 0) is 24.6 Å². The smallest absolute Gasteiger partial charge is 0.246 e. The Hall–Kier alpha value is -3.75. The van der Waals surface area contributed by atoms with Gasteiger partial charge in [0.2, 0.25) is 23.6 Å². The molecule has 172 valence electrons. The first-order chi connectivity index (χ1) is 15.7. The number of anilines is 1. The molecule has 2 aromatic rings. The van der Waals surface area contributed by atoms with E-state index in [9.17, 15) is 23.6 Å². The minimum Gasteiger partial charge on any atom is -0.497 e. The molecule has 4 amide bonds. The van der Waals surface area contributed by atoms with Crippen LogP contribution in [0.25, 0.3) is 0 Å². The number of halogens is 1. The number of hydrogen-bond donors (Lipinski definition) is 0. The average molecular weight is 453 g/mol. The zero-order valence-corrected chi connectivity index (χ0v) is 18.4. The molecule has 0 unspecified atom stereocenters. The summed E-state index contributed by atoms with van der Waals surface area (Å²) in [6.45, 7) is 0.379. The molecule has 0 bridgehead atoms. The molecule has 4 rings (SSSR count). The van der Waals surface area contributed by atoms with Crippen molar-refractivity contribution in [2.75, 3.05) is 38.7 Å². The summed E-state index contributed by atoms with van der Waals surface area (Å²) in [6, 6.07) is 12.5. The third-order valence-electron chi connectivity index (χ3n) is 6.31. The molecule has 0 aliphatic carbocycles. The number of carbonyl (C=O) groups excluding carboxylic acids is 4. The predicted octanol–water partition coefficient (Wildman–Crippen LogP) is 1.73. The van der Waals surface area contributed by atoms with E-state index < -0.39 is 29.0 Å². The van der Waals surface area contributed by atoms with E-state index in [4.69, 9.17) is 4.74 Å². The minimum atomic E-state index is -1.49. The maximum atomic E-state index is 13.9. The fraction of sp³-hybridized carbons (Fsp3) is 0.333. The predicted molar refractivity (Wildman–Crippen MR) is 117 cm³/mol. The molecule has 1 atom stereocenters. The first-order valence-electron chi connectivity index (χ1n) is 10.5. The second kappa shape index (κ2) is 8.65. The summed E-state index contributed by atoms with van der Waals surface area (Å²) >= 11 is 0. The number of ether oxygens (including phenoxy) is 1. The highest BCUT2D eigenvalue weighted by Gasteiger charge is 2.53. The monoisotopic (exact) mass is 453 g/mol. The molecule has 0 saturated carbocycles. The number of hydrogen-bond acceptors (Lipinski definition) is 5. The van der Waals surface area contributed by atoms with Crippen molar-refractivity contribution < 1.29 is 28.3 Å². The molecule has 0 spiro atoms. The zero-order valence-electron chi connectivity index (χ0n) is 18.4.